The SMILES string of the molecule is O=C(NCc1ccc2c(c1)OCO2)[C@H]1c2ccccc2C(=O)N(C2CCCC2)[C@@H]1c1cccs1. The lowest BCUT2D eigenvalue weighted by molar-refractivity contribution is -0.124. The van der Waals surface area contributed by atoms with Crippen molar-refractivity contribution >= 4 is 23.2 Å². The zero-order valence-corrected chi connectivity index (χ0v) is 19.6. The van der Waals surface area contributed by atoms with E-state index in [4.69, 9.17) is 9.47 Å². The smallest absolute Gasteiger partial charge is 0.254 e. The molecular weight excluding hydrogens is 448 g/mol. The molecule has 0 saturated heterocycles. The summed E-state index contributed by atoms with van der Waals surface area (Å²) in [6.45, 7) is 0.597. The fourth-order valence-corrected chi connectivity index (χ4v) is 6.39. The molecular formula is C27H26N2O4S. The fraction of sp³-hybridized carbons (Fsp3) is 0.333. The maximum atomic E-state index is 13.8. The van der Waals surface area contributed by atoms with Crippen LogP contribution < -0.4 is 14.8 Å². The molecule has 3 aromatic rings. The summed E-state index contributed by atoms with van der Waals surface area (Å²) in [7, 11) is 0. The van der Waals surface area contributed by atoms with E-state index in [9.17, 15) is 9.59 Å². The Morgan fingerprint density at radius 3 is 2.68 bits per heavy atom. The van der Waals surface area contributed by atoms with E-state index in [2.05, 4.69) is 11.4 Å². The Balaban J connectivity index is 1.36. The normalized spacial score (nSPS) is 21.5. The van der Waals surface area contributed by atoms with Gasteiger partial charge in [-0.05, 0) is 53.6 Å². The number of carbonyl (C=O) groups excluding carboxylic acids is 2. The number of amides is 2. The molecule has 1 saturated carbocycles. The van der Waals surface area contributed by atoms with Crippen molar-refractivity contribution in [1.29, 1.82) is 0 Å². The molecule has 0 spiro atoms. The second kappa shape index (κ2) is 8.80. The Bertz CT molecular complexity index is 1220. The van der Waals surface area contributed by atoms with E-state index in [0.717, 1.165) is 47.4 Å². The van der Waals surface area contributed by atoms with Gasteiger partial charge >= 0.3 is 0 Å². The van der Waals surface area contributed by atoms with E-state index in [1.54, 1.807) is 11.3 Å². The molecule has 2 amide bonds. The summed E-state index contributed by atoms with van der Waals surface area (Å²) in [5.74, 6) is 0.922. The third-order valence-corrected chi connectivity index (χ3v) is 8.06. The van der Waals surface area contributed by atoms with Crippen molar-refractivity contribution in [2.24, 2.45) is 0 Å². The van der Waals surface area contributed by atoms with Crippen molar-refractivity contribution in [3.8, 4) is 11.5 Å². The van der Waals surface area contributed by atoms with Crippen LogP contribution in [-0.4, -0.2) is 29.5 Å². The van der Waals surface area contributed by atoms with E-state index < -0.39 is 5.92 Å². The van der Waals surface area contributed by atoms with Gasteiger partial charge in [-0.3, -0.25) is 9.59 Å². The van der Waals surface area contributed by atoms with Crippen LogP contribution in [0.4, 0.5) is 0 Å². The predicted molar refractivity (Wildman–Crippen MR) is 129 cm³/mol. The van der Waals surface area contributed by atoms with Crippen LogP contribution in [0.3, 0.4) is 0 Å². The maximum Gasteiger partial charge on any atom is 0.254 e. The minimum Gasteiger partial charge on any atom is -0.454 e. The molecule has 174 valence electrons. The van der Waals surface area contributed by atoms with Gasteiger partial charge in [0.15, 0.2) is 11.5 Å². The summed E-state index contributed by atoms with van der Waals surface area (Å²) in [6.07, 6.45) is 4.21. The molecule has 1 N–H and O–H groups in total. The molecule has 3 aliphatic rings. The Labute approximate surface area is 202 Å². The number of benzene rings is 2. The van der Waals surface area contributed by atoms with Crippen molar-refractivity contribution < 1.29 is 19.1 Å². The van der Waals surface area contributed by atoms with Gasteiger partial charge in [-0.2, -0.15) is 0 Å². The summed E-state index contributed by atoms with van der Waals surface area (Å²) >= 11 is 1.61. The van der Waals surface area contributed by atoms with E-state index in [-0.39, 0.29) is 30.7 Å². The number of hydrogen-bond acceptors (Lipinski definition) is 5. The number of nitrogens with one attached hydrogen (secondary N) is 1. The van der Waals surface area contributed by atoms with Crippen LogP contribution in [0.5, 0.6) is 11.5 Å². The highest BCUT2D eigenvalue weighted by Gasteiger charge is 2.47. The number of nitrogens with zero attached hydrogens (tertiary/aromatic N) is 1. The van der Waals surface area contributed by atoms with Crippen LogP contribution in [0.25, 0.3) is 0 Å². The Hall–Kier alpha value is -3.32. The maximum absolute atomic E-state index is 13.8. The first-order chi connectivity index (χ1) is 16.7. The average Bonchev–Trinajstić information content (AvgIpc) is 3.65. The van der Waals surface area contributed by atoms with Crippen LogP contribution in [0, 0.1) is 0 Å². The Morgan fingerprint density at radius 2 is 1.85 bits per heavy atom. The molecule has 1 aliphatic carbocycles. The molecule has 34 heavy (non-hydrogen) atoms. The molecule has 7 heteroatoms. The molecule has 6 rings (SSSR count). The molecule has 3 heterocycles. The lowest BCUT2D eigenvalue weighted by Gasteiger charge is -2.44. The number of ether oxygens (including phenoxy) is 2. The van der Waals surface area contributed by atoms with Gasteiger partial charge in [-0.25, -0.2) is 0 Å². The largest absolute Gasteiger partial charge is 0.454 e. The van der Waals surface area contributed by atoms with Crippen molar-refractivity contribution in [2.75, 3.05) is 6.79 Å². The van der Waals surface area contributed by atoms with Crippen molar-refractivity contribution in [1.82, 2.24) is 10.2 Å². The van der Waals surface area contributed by atoms with Gasteiger partial charge in [0.25, 0.3) is 5.91 Å². The van der Waals surface area contributed by atoms with Crippen molar-refractivity contribution in [3.63, 3.8) is 0 Å². The van der Waals surface area contributed by atoms with Crippen molar-refractivity contribution in [3.05, 3.63) is 81.5 Å². The monoisotopic (exact) mass is 474 g/mol. The topological polar surface area (TPSA) is 67.9 Å². The van der Waals surface area contributed by atoms with Crippen LogP contribution >= 0.6 is 11.3 Å². The van der Waals surface area contributed by atoms with Gasteiger partial charge in [0.2, 0.25) is 12.7 Å². The fourth-order valence-electron chi connectivity index (χ4n) is 5.53. The zero-order chi connectivity index (χ0) is 23.1. The van der Waals surface area contributed by atoms with E-state index in [0.29, 0.717) is 17.9 Å². The highest BCUT2D eigenvalue weighted by atomic mass is 32.1. The first-order valence-electron chi connectivity index (χ1n) is 11.8. The number of carbonyl (C=O) groups is 2. The highest BCUT2D eigenvalue weighted by Crippen LogP contribution is 2.47. The Morgan fingerprint density at radius 1 is 1.03 bits per heavy atom. The third-order valence-electron chi connectivity index (χ3n) is 7.12. The quantitative estimate of drug-likeness (QED) is 0.564. The summed E-state index contributed by atoms with van der Waals surface area (Å²) in [6, 6.07) is 17.2. The molecule has 6 nitrogen and oxygen atoms in total. The molecule has 1 aromatic heterocycles. The van der Waals surface area contributed by atoms with Crippen LogP contribution in [0.2, 0.25) is 0 Å². The van der Waals surface area contributed by atoms with E-state index in [1.807, 2.05) is 58.8 Å². The third kappa shape index (κ3) is 3.64. The minimum absolute atomic E-state index is 0.0423. The summed E-state index contributed by atoms with van der Waals surface area (Å²) in [5, 5.41) is 5.17. The summed E-state index contributed by atoms with van der Waals surface area (Å²) < 4.78 is 10.9. The van der Waals surface area contributed by atoms with E-state index >= 15 is 0 Å². The highest BCUT2D eigenvalue weighted by molar-refractivity contribution is 7.10. The first-order valence-corrected chi connectivity index (χ1v) is 12.7. The molecule has 1 fully saturated rings. The number of rotatable bonds is 5. The average molecular weight is 475 g/mol. The lowest BCUT2D eigenvalue weighted by atomic mass is 9.80. The van der Waals surface area contributed by atoms with Gasteiger partial charge in [-0.15, -0.1) is 11.3 Å². The second-order valence-corrected chi connectivity index (χ2v) is 10.1. The summed E-state index contributed by atoms with van der Waals surface area (Å²) in [4.78, 5) is 30.7. The Kier molecular flexibility index (Phi) is 5.49. The molecule has 2 atom stereocenters. The standard InChI is InChI=1S/C27H26N2O4S/c30-26(28-15-17-11-12-21-22(14-17)33-16-32-21)24-19-8-3-4-9-20(19)27(31)29(18-6-1-2-7-18)25(24)23-10-5-13-34-23/h3-5,8-14,18,24-25H,1-2,6-7,15-16H2,(H,28,30)/t24-,25+/m0/s1. The van der Waals surface area contributed by atoms with Gasteiger partial charge < -0.3 is 19.7 Å². The molecule has 0 unspecified atom stereocenters. The molecule has 0 radical (unpaired) electrons. The number of thiophene rings is 1. The van der Waals surface area contributed by atoms with Crippen LogP contribution in [-0.2, 0) is 11.3 Å². The van der Waals surface area contributed by atoms with Crippen LogP contribution in [0.1, 0.15) is 64.0 Å². The van der Waals surface area contributed by atoms with Gasteiger partial charge in [0.05, 0.1) is 12.0 Å². The second-order valence-electron chi connectivity index (χ2n) is 9.08. The van der Waals surface area contributed by atoms with Gasteiger partial charge in [0.1, 0.15) is 0 Å². The number of fused-ring (bicyclic) bond motifs is 2. The van der Waals surface area contributed by atoms with Gasteiger partial charge in [-0.1, -0.05) is 43.2 Å². The molecule has 2 aliphatic heterocycles. The number of hydrogen-bond donors (Lipinski definition) is 1. The van der Waals surface area contributed by atoms with Crippen LogP contribution in [0.15, 0.2) is 60.0 Å². The first kappa shape index (κ1) is 21.2. The van der Waals surface area contributed by atoms with E-state index in [1.165, 1.54) is 0 Å². The zero-order valence-electron chi connectivity index (χ0n) is 18.7. The summed E-state index contributed by atoms with van der Waals surface area (Å²) in [5.41, 5.74) is 2.40. The van der Waals surface area contributed by atoms with Gasteiger partial charge in [0, 0.05) is 23.0 Å². The lowest BCUT2D eigenvalue weighted by Crippen LogP contribution is -2.50. The molecule has 2 aromatic carbocycles. The van der Waals surface area contributed by atoms with Crippen molar-refractivity contribution in [2.45, 2.75) is 50.2 Å². The minimum atomic E-state index is -0.470. The predicted octanol–water partition coefficient (Wildman–Crippen LogP) is 5.02. The molecule has 0 bridgehead atoms.